The number of rotatable bonds is 6. The van der Waals surface area contributed by atoms with E-state index in [1.54, 1.807) is 16.4 Å². The van der Waals surface area contributed by atoms with E-state index in [0.29, 0.717) is 19.0 Å². The van der Waals surface area contributed by atoms with E-state index >= 15 is 0 Å². The average molecular weight is 283 g/mol. The van der Waals surface area contributed by atoms with E-state index in [1.165, 1.54) is 6.20 Å². The van der Waals surface area contributed by atoms with Gasteiger partial charge < -0.3 is 5.73 Å². The van der Waals surface area contributed by atoms with Crippen LogP contribution in [0.25, 0.3) is 0 Å². The topological polar surface area (TPSA) is 76.3 Å². The van der Waals surface area contributed by atoms with Gasteiger partial charge in [0, 0.05) is 25.3 Å². The first kappa shape index (κ1) is 14.4. The molecule has 1 saturated carbocycles. The minimum Gasteiger partial charge on any atom is -0.326 e. The third kappa shape index (κ3) is 3.32. The molecule has 0 saturated heterocycles. The molecule has 1 aliphatic rings. The zero-order chi connectivity index (χ0) is 14.0. The third-order valence-corrected chi connectivity index (χ3v) is 4.94. The summed E-state index contributed by atoms with van der Waals surface area (Å²) in [5, 5.41) is 0.122. The fourth-order valence-corrected chi connectivity index (χ4v) is 3.73. The standard InChI is InChI=1S/C13H21N3O2S/c1-10(2)9-16(12-4-5-12)19(17,18)13-6-3-11(7-14)8-15-13/h3,6,8,10,12H,4-5,7,9,14H2,1-2H3. The Kier molecular flexibility index (Phi) is 4.23. The fraction of sp³-hybridized carbons (Fsp3) is 0.615. The van der Waals surface area contributed by atoms with Crippen molar-refractivity contribution >= 4 is 10.0 Å². The molecule has 0 aliphatic heterocycles. The highest BCUT2D eigenvalue weighted by Gasteiger charge is 2.38. The van der Waals surface area contributed by atoms with Crippen molar-refractivity contribution in [1.82, 2.24) is 9.29 Å². The number of sulfonamides is 1. The smallest absolute Gasteiger partial charge is 0.260 e. The molecule has 0 atom stereocenters. The van der Waals surface area contributed by atoms with Crippen LogP contribution in [-0.4, -0.2) is 30.3 Å². The van der Waals surface area contributed by atoms with Gasteiger partial charge in [-0.05, 0) is 30.4 Å². The number of nitrogens with two attached hydrogens (primary N) is 1. The molecule has 0 radical (unpaired) electrons. The molecular formula is C13H21N3O2S. The minimum atomic E-state index is -3.48. The summed E-state index contributed by atoms with van der Waals surface area (Å²) in [4.78, 5) is 4.05. The highest BCUT2D eigenvalue weighted by molar-refractivity contribution is 7.89. The molecule has 0 amide bonds. The SMILES string of the molecule is CC(C)CN(C1CC1)S(=O)(=O)c1ccc(CN)cn1. The average Bonchev–Trinajstić information content (AvgIpc) is 3.20. The van der Waals surface area contributed by atoms with Crippen LogP contribution < -0.4 is 5.73 Å². The van der Waals surface area contributed by atoms with Crippen LogP contribution in [0.1, 0.15) is 32.3 Å². The van der Waals surface area contributed by atoms with Gasteiger partial charge in [-0.25, -0.2) is 13.4 Å². The second-order valence-electron chi connectivity index (χ2n) is 5.41. The van der Waals surface area contributed by atoms with Gasteiger partial charge in [0.05, 0.1) is 0 Å². The van der Waals surface area contributed by atoms with Crippen molar-refractivity contribution in [2.75, 3.05) is 6.54 Å². The van der Waals surface area contributed by atoms with Gasteiger partial charge in [-0.2, -0.15) is 4.31 Å². The summed E-state index contributed by atoms with van der Waals surface area (Å²) >= 11 is 0. The van der Waals surface area contributed by atoms with E-state index in [0.717, 1.165) is 18.4 Å². The summed E-state index contributed by atoms with van der Waals surface area (Å²) in [7, 11) is -3.48. The Morgan fingerprint density at radius 2 is 2.11 bits per heavy atom. The van der Waals surface area contributed by atoms with Gasteiger partial charge in [-0.3, -0.25) is 0 Å². The highest BCUT2D eigenvalue weighted by atomic mass is 32.2. The number of pyridine rings is 1. The first-order valence-electron chi connectivity index (χ1n) is 6.62. The van der Waals surface area contributed by atoms with Crippen molar-refractivity contribution in [3.05, 3.63) is 23.9 Å². The molecule has 6 heteroatoms. The molecule has 106 valence electrons. The molecule has 1 fully saturated rings. The van der Waals surface area contributed by atoms with E-state index in [-0.39, 0.29) is 11.1 Å². The molecule has 5 nitrogen and oxygen atoms in total. The molecule has 0 bridgehead atoms. The van der Waals surface area contributed by atoms with Crippen molar-refractivity contribution in [2.45, 2.75) is 44.3 Å². The molecule has 0 unspecified atom stereocenters. The molecular weight excluding hydrogens is 262 g/mol. The van der Waals surface area contributed by atoms with Crippen LogP contribution in [0.3, 0.4) is 0 Å². The van der Waals surface area contributed by atoms with E-state index in [1.807, 2.05) is 13.8 Å². The molecule has 0 aromatic carbocycles. The van der Waals surface area contributed by atoms with E-state index in [2.05, 4.69) is 4.98 Å². The number of aromatic nitrogens is 1. The maximum Gasteiger partial charge on any atom is 0.260 e. The maximum absolute atomic E-state index is 12.6. The van der Waals surface area contributed by atoms with Gasteiger partial charge in [-0.1, -0.05) is 19.9 Å². The lowest BCUT2D eigenvalue weighted by molar-refractivity contribution is 0.359. The lowest BCUT2D eigenvalue weighted by Gasteiger charge is -2.23. The van der Waals surface area contributed by atoms with Gasteiger partial charge in [0.1, 0.15) is 0 Å². The number of nitrogens with zero attached hydrogens (tertiary/aromatic N) is 2. The Labute approximate surface area is 114 Å². The zero-order valence-corrected chi connectivity index (χ0v) is 12.2. The van der Waals surface area contributed by atoms with Crippen molar-refractivity contribution in [1.29, 1.82) is 0 Å². The second-order valence-corrected chi connectivity index (χ2v) is 7.25. The predicted molar refractivity (Wildman–Crippen MR) is 73.9 cm³/mol. The predicted octanol–water partition coefficient (Wildman–Crippen LogP) is 1.35. The fourth-order valence-electron chi connectivity index (χ4n) is 1.97. The quantitative estimate of drug-likeness (QED) is 0.855. The third-order valence-electron chi connectivity index (χ3n) is 3.11. The molecule has 1 aliphatic carbocycles. The van der Waals surface area contributed by atoms with E-state index in [9.17, 15) is 8.42 Å². The van der Waals surface area contributed by atoms with Gasteiger partial charge >= 0.3 is 0 Å². The van der Waals surface area contributed by atoms with Gasteiger partial charge in [0.15, 0.2) is 5.03 Å². The summed E-state index contributed by atoms with van der Waals surface area (Å²) in [6, 6.07) is 3.43. The number of hydrogen-bond acceptors (Lipinski definition) is 4. The van der Waals surface area contributed by atoms with Crippen molar-refractivity contribution < 1.29 is 8.42 Å². The first-order chi connectivity index (χ1) is 8.95. The first-order valence-corrected chi connectivity index (χ1v) is 8.06. The molecule has 2 rings (SSSR count). The summed E-state index contributed by atoms with van der Waals surface area (Å²) < 4.78 is 26.8. The minimum absolute atomic E-state index is 0.122. The van der Waals surface area contributed by atoms with Crippen molar-refractivity contribution in [2.24, 2.45) is 11.7 Å². The van der Waals surface area contributed by atoms with Crippen LogP contribution in [0.15, 0.2) is 23.4 Å². The monoisotopic (exact) mass is 283 g/mol. The Bertz CT molecular complexity index is 521. The van der Waals surface area contributed by atoms with Gasteiger partial charge in [0.25, 0.3) is 10.0 Å². The lowest BCUT2D eigenvalue weighted by atomic mass is 10.2. The van der Waals surface area contributed by atoms with Crippen LogP contribution in [0, 0.1) is 5.92 Å². The van der Waals surface area contributed by atoms with Crippen molar-refractivity contribution in [3.8, 4) is 0 Å². The normalized spacial score (nSPS) is 16.3. The molecule has 1 aromatic rings. The summed E-state index contributed by atoms with van der Waals surface area (Å²) in [6.07, 6.45) is 3.44. The Hall–Kier alpha value is -0.980. The molecule has 19 heavy (non-hydrogen) atoms. The van der Waals surface area contributed by atoms with Crippen LogP contribution >= 0.6 is 0 Å². The van der Waals surface area contributed by atoms with Gasteiger partial charge in [0.2, 0.25) is 0 Å². The Morgan fingerprint density at radius 1 is 1.42 bits per heavy atom. The maximum atomic E-state index is 12.6. The largest absolute Gasteiger partial charge is 0.326 e. The molecule has 0 spiro atoms. The van der Waals surface area contributed by atoms with Gasteiger partial charge in [-0.15, -0.1) is 0 Å². The number of hydrogen-bond donors (Lipinski definition) is 1. The van der Waals surface area contributed by atoms with Crippen LogP contribution in [0.2, 0.25) is 0 Å². The van der Waals surface area contributed by atoms with Crippen molar-refractivity contribution in [3.63, 3.8) is 0 Å². The summed E-state index contributed by atoms with van der Waals surface area (Å²) in [5.41, 5.74) is 6.33. The van der Waals surface area contributed by atoms with Crippen LogP contribution in [0.5, 0.6) is 0 Å². The summed E-state index contributed by atoms with van der Waals surface area (Å²) in [5.74, 6) is 0.304. The summed E-state index contributed by atoms with van der Waals surface area (Å²) in [6.45, 7) is 4.96. The lowest BCUT2D eigenvalue weighted by Crippen LogP contribution is -2.36. The molecule has 2 N–H and O–H groups in total. The van der Waals surface area contributed by atoms with E-state index in [4.69, 9.17) is 5.73 Å². The highest BCUT2D eigenvalue weighted by Crippen LogP contribution is 2.32. The molecule has 1 aromatic heterocycles. The van der Waals surface area contributed by atoms with Crippen LogP contribution in [-0.2, 0) is 16.6 Å². The second kappa shape index (κ2) is 5.56. The Morgan fingerprint density at radius 3 is 2.53 bits per heavy atom. The Balaban J connectivity index is 2.27. The molecule has 1 heterocycles. The van der Waals surface area contributed by atoms with Crippen LogP contribution in [0.4, 0.5) is 0 Å². The zero-order valence-electron chi connectivity index (χ0n) is 11.4. The van der Waals surface area contributed by atoms with E-state index < -0.39 is 10.0 Å².